The lowest BCUT2D eigenvalue weighted by Crippen LogP contribution is -1.94. The highest BCUT2D eigenvalue weighted by Crippen LogP contribution is 2.32. The molecule has 0 aromatic carbocycles. The fourth-order valence-corrected chi connectivity index (χ4v) is 1.36. The SMILES string of the molecule is O=[N+]([O-])c1c(Br)ncc(F)c1Cl. The van der Waals surface area contributed by atoms with E-state index in [4.69, 9.17) is 11.6 Å². The Morgan fingerprint density at radius 1 is 1.75 bits per heavy atom. The molecule has 0 fully saturated rings. The molecule has 0 spiro atoms. The zero-order chi connectivity index (χ0) is 9.30. The van der Waals surface area contributed by atoms with Crippen LogP contribution in [-0.2, 0) is 0 Å². The van der Waals surface area contributed by atoms with E-state index >= 15 is 0 Å². The van der Waals surface area contributed by atoms with Crippen LogP contribution < -0.4 is 0 Å². The second-order valence-corrected chi connectivity index (χ2v) is 2.95. The third-order valence-corrected chi connectivity index (χ3v) is 2.03. The van der Waals surface area contributed by atoms with Gasteiger partial charge in [-0.25, -0.2) is 9.37 Å². The predicted molar refractivity (Wildman–Crippen MR) is 43.6 cm³/mol. The van der Waals surface area contributed by atoms with Crippen LogP contribution in [-0.4, -0.2) is 9.91 Å². The molecule has 1 heterocycles. The highest BCUT2D eigenvalue weighted by molar-refractivity contribution is 9.10. The van der Waals surface area contributed by atoms with Crippen molar-refractivity contribution in [1.82, 2.24) is 4.98 Å². The fraction of sp³-hybridized carbons (Fsp3) is 0. The van der Waals surface area contributed by atoms with Gasteiger partial charge < -0.3 is 0 Å². The maximum absolute atomic E-state index is 12.6. The number of rotatable bonds is 1. The molecule has 0 saturated heterocycles. The summed E-state index contributed by atoms with van der Waals surface area (Å²) in [4.78, 5) is 12.9. The minimum Gasteiger partial charge on any atom is -0.258 e. The first-order valence-corrected chi connectivity index (χ1v) is 3.85. The second kappa shape index (κ2) is 3.32. The molecule has 0 amide bonds. The first-order chi connectivity index (χ1) is 5.54. The molecule has 4 nitrogen and oxygen atoms in total. The molecule has 1 aromatic heterocycles. The molecule has 0 aliphatic carbocycles. The number of aromatic nitrogens is 1. The lowest BCUT2D eigenvalue weighted by Gasteiger charge is -1.96. The summed E-state index contributed by atoms with van der Waals surface area (Å²) < 4.78 is 12.5. The maximum Gasteiger partial charge on any atom is 0.323 e. The summed E-state index contributed by atoms with van der Waals surface area (Å²) >= 11 is 8.08. The lowest BCUT2D eigenvalue weighted by molar-refractivity contribution is -0.386. The fourth-order valence-electron chi connectivity index (χ4n) is 0.590. The Kier molecular flexibility index (Phi) is 2.58. The monoisotopic (exact) mass is 254 g/mol. The van der Waals surface area contributed by atoms with E-state index in [1.165, 1.54) is 0 Å². The van der Waals surface area contributed by atoms with Gasteiger partial charge in [0.1, 0.15) is 0 Å². The molecule has 12 heavy (non-hydrogen) atoms. The van der Waals surface area contributed by atoms with Crippen molar-refractivity contribution in [2.45, 2.75) is 0 Å². The minimum absolute atomic E-state index is 0.0844. The minimum atomic E-state index is -0.911. The van der Waals surface area contributed by atoms with Gasteiger partial charge in [0.25, 0.3) is 0 Å². The van der Waals surface area contributed by atoms with Crippen LogP contribution in [0.4, 0.5) is 10.1 Å². The number of hydrogen-bond acceptors (Lipinski definition) is 3. The molecule has 7 heteroatoms. The van der Waals surface area contributed by atoms with Crippen LogP contribution in [0.5, 0.6) is 0 Å². The maximum atomic E-state index is 12.6. The Morgan fingerprint density at radius 3 is 2.75 bits per heavy atom. The zero-order valence-corrected chi connectivity index (χ0v) is 7.76. The van der Waals surface area contributed by atoms with E-state index in [9.17, 15) is 14.5 Å². The molecule has 0 aliphatic heterocycles. The van der Waals surface area contributed by atoms with Crippen LogP contribution in [0, 0.1) is 15.9 Å². The van der Waals surface area contributed by atoms with E-state index in [1.807, 2.05) is 0 Å². The van der Waals surface area contributed by atoms with E-state index in [-0.39, 0.29) is 4.60 Å². The Balaban J connectivity index is 3.43. The van der Waals surface area contributed by atoms with Crippen molar-refractivity contribution in [1.29, 1.82) is 0 Å². The van der Waals surface area contributed by atoms with Crippen LogP contribution in [0.25, 0.3) is 0 Å². The summed E-state index contributed by atoms with van der Waals surface area (Å²) in [5.41, 5.74) is -0.559. The van der Waals surface area contributed by atoms with Crippen LogP contribution in [0.2, 0.25) is 5.02 Å². The molecular weight excluding hydrogens is 254 g/mol. The summed E-state index contributed by atoms with van der Waals surface area (Å²) in [6.07, 6.45) is 0.805. The van der Waals surface area contributed by atoms with Crippen molar-refractivity contribution in [2.75, 3.05) is 0 Å². The normalized spacial score (nSPS) is 9.92. The van der Waals surface area contributed by atoms with Gasteiger partial charge in [-0.15, -0.1) is 0 Å². The van der Waals surface area contributed by atoms with Crippen molar-refractivity contribution in [2.24, 2.45) is 0 Å². The molecule has 1 aromatic rings. The number of pyridine rings is 1. The van der Waals surface area contributed by atoms with E-state index in [0.717, 1.165) is 6.20 Å². The molecule has 0 bridgehead atoms. The summed E-state index contributed by atoms with van der Waals surface area (Å²) in [6, 6.07) is 0. The van der Waals surface area contributed by atoms with Crippen molar-refractivity contribution >= 4 is 33.2 Å². The van der Waals surface area contributed by atoms with E-state index in [2.05, 4.69) is 20.9 Å². The summed E-state index contributed by atoms with van der Waals surface area (Å²) in [5, 5.41) is 9.74. The average Bonchev–Trinajstić information content (AvgIpc) is 1.97. The van der Waals surface area contributed by atoms with Gasteiger partial charge in [0, 0.05) is 0 Å². The largest absolute Gasteiger partial charge is 0.323 e. The molecule has 0 N–H and O–H groups in total. The molecule has 1 rings (SSSR count). The van der Waals surface area contributed by atoms with Crippen LogP contribution in [0.1, 0.15) is 0 Å². The summed E-state index contributed by atoms with van der Waals surface area (Å²) in [7, 11) is 0. The standard InChI is InChI=1S/C5HBrClFN2O2/c6-5-4(10(11)12)3(7)2(8)1-9-5/h1H. The molecule has 0 atom stereocenters. The third kappa shape index (κ3) is 1.54. The topological polar surface area (TPSA) is 56.0 Å². The van der Waals surface area contributed by atoms with E-state index < -0.39 is 21.5 Å². The van der Waals surface area contributed by atoms with E-state index in [0.29, 0.717) is 0 Å². The first-order valence-electron chi connectivity index (χ1n) is 2.68. The Labute approximate surface area is 79.6 Å². The van der Waals surface area contributed by atoms with Gasteiger partial charge in [-0.3, -0.25) is 10.1 Å². The zero-order valence-electron chi connectivity index (χ0n) is 5.42. The third-order valence-electron chi connectivity index (χ3n) is 1.09. The Morgan fingerprint density at radius 2 is 2.33 bits per heavy atom. The Bertz CT molecular complexity index is 346. The highest BCUT2D eigenvalue weighted by Gasteiger charge is 2.21. The van der Waals surface area contributed by atoms with Gasteiger partial charge in [0.15, 0.2) is 15.4 Å². The van der Waals surface area contributed by atoms with Gasteiger partial charge >= 0.3 is 5.69 Å². The van der Waals surface area contributed by atoms with Crippen molar-refractivity contribution in [3.8, 4) is 0 Å². The molecule has 0 unspecified atom stereocenters. The van der Waals surface area contributed by atoms with Crippen molar-refractivity contribution in [3.05, 3.63) is 31.8 Å². The molecule has 64 valence electrons. The molecule has 0 saturated carbocycles. The first kappa shape index (κ1) is 9.34. The predicted octanol–water partition coefficient (Wildman–Crippen LogP) is 2.54. The van der Waals surface area contributed by atoms with Crippen molar-refractivity contribution in [3.63, 3.8) is 0 Å². The van der Waals surface area contributed by atoms with Gasteiger partial charge in [-0.05, 0) is 15.9 Å². The lowest BCUT2D eigenvalue weighted by atomic mass is 10.4. The van der Waals surface area contributed by atoms with Crippen LogP contribution >= 0.6 is 27.5 Å². The smallest absolute Gasteiger partial charge is 0.258 e. The number of hydrogen-bond donors (Lipinski definition) is 0. The number of halogens is 3. The van der Waals surface area contributed by atoms with Gasteiger partial charge in [0.05, 0.1) is 11.1 Å². The van der Waals surface area contributed by atoms with E-state index in [1.54, 1.807) is 0 Å². The van der Waals surface area contributed by atoms with Gasteiger partial charge in [0.2, 0.25) is 0 Å². The van der Waals surface area contributed by atoms with Gasteiger partial charge in [-0.1, -0.05) is 11.6 Å². The average molecular weight is 255 g/mol. The molecule has 0 radical (unpaired) electrons. The van der Waals surface area contributed by atoms with Gasteiger partial charge in [-0.2, -0.15) is 0 Å². The number of nitro groups is 1. The van der Waals surface area contributed by atoms with Crippen LogP contribution in [0.15, 0.2) is 10.8 Å². The second-order valence-electron chi connectivity index (χ2n) is 1.82. The van der Waals surface area contributed by atoms with Crippen molar-refractivity contribution < 1.29 is 9.31 Å². The van der Waals surface area contributed by atoms with Crippen LogP contribution in [0.3, 0.4) is 0 Å². The summed E-state index contributed by atoms with van der Waals surface area (Å²) in [5.74, 6) is -0.911. The molecule has 0 aliphatic rings. The Hall–Kier alpha value is -0.750. The quantitative estimate of drug-likeness (QED) is 0.440. The summed E-state index contributed by atoms with van der Waals surface area (Å²) in [6.45, 7) is 0. The number of nitrogens with zero attached hydrogens (tertiary/aromatic N) is 2. The molecular formula is C5HBrClFN2O2. The highest BCUT2D eigenvalue weighted by atomic mass is 79.9.